The summed E-state index contributed by atoms with van der Waals surface area (Å²) in [7, 11) is 1.24. The molecular formula is C9H16Cl2SiTi. The smallest absolute Gasteiger partial charge is 1.00 e. The van der Waals surface area contributed by atoms with Crippen LogP contribution in [-0.2, 0) is 21.7 Å². The molecule has 0 fully saturated rings. The summed E-state index contributed by atoms with van der Waals surface area (Å²) in [4.78, 5) is 0. The Balaban J connectivity index is -0.000000333. The summed E-state index contributed by atoms with van der Waals surface area (Å²) in [6, 6.07) is 0. The largest absolute Gasteiger partial charge is 2.00 e. The summed E-state index contributed by atoms with van der Waals surface area (Å²) in [5.74, 6) is 0. The van der Waals surface area contributed by atoms with Crippen molar-refractivity contribution in [2.75, 3.05) is 0 Å². The first-order chi connectivity index (χ1) is 4.45. The van der Waals surface area contributed by atoms with Crippen molar-refractivity contribution in [3.8, 4) is 0 Å². The second-order valence-electron chi connectivity index (χ2n) is 3.80. The minimum Gasteiger partial charge on any atom is -1.00 e. The monoisotopic (exact) mass is 270 g/mol. The van der Waals surface area contributed by atoms with Crippen molar-refractivity contribution in [2.45, 2.75) is 32.7 Å². The van der Waals surface area contributed by atoms with Gasteiger partial charge in [-0.25, -0.2) is 0 Å². The Labute approximate surface area is 112 Å². The Morgan fingerprint density at radius 3 is 1.62 bits per heavy atom. The third-order valence-corrected chi connectivity index (χ3v) is 3.74. The van der Waals surface area contributed by atoms with Gasteiger partial charge < -0.3 is 24.8 Å². The van der Waals surface area contributed by atoms with Gasteiger partial charge in [0.1, 0.15) is 0 Å². The van der Waals surface area contributed by atoms with Gasteiger partial charge in [0.05, 0.1) is 0 Å². The van der Waals surface area contributed by atoms with Crippen molar-refractivity contribution < 1.29 is 46.5 Å². The first-order valence-corrected chi connectivity index (χ1v) is 4.83. The second kappa shape index (κ2) is 6.47. The van der Waals surface area contributed by atoms with Gasteiger partial charge in [-0.05, 0) is 31.4 Å². The van der Waals surface area contributed by atoms with Crippen molar-refractivity contribution in [1.82, 2.24) is 0 Å². The van der Waals surface area contributed by atoms with E-state index in [0.717, 1.165) is 0 Å². The van der Waals surface area contributed by atoms with E-state index in [0.29, 0.717) is 5.04 Å². The van der Waals surface area contributed by atoms with E-state index < -0.39 is 0 Å². The van der Waals surface area contributed by atoms with Crippen LogP contribution in [0.25, 0.3) is 0 Å². The first-order valence-electron chi connectivity index (χ1n) is 3.83. The van der Waals surface area contributed by atoms with Gasteiger partial charge in [-0.2, -0.15) is 0 Å². The number of hydrogen-bond acceptors (Lipinski definition) is 0. The van der Waals surface area contributed by atoms with Crippen LogP contribution >= 0.6 is 0 Å². The van der Waals surface area contributed by atoms with Crippen molar-refractivity contribution in [3.63, 3.8) is 0 Å². The fraction of sp³-hybridized carbons (Fsp3) is 0.556. The summed E-state index contributed by atoms with van der Waals surface area (Å²) in [6.45, 7) is 9.02. The van der Waals surface area contributed by atoms with E-state index in [2.05, 4.69) is 33.8 Å². The van der Waals surface area contributed by atoms with Crippen LogP contribution in [0.3, 0.4) is 0 Å². The van der Waals surface area contributed by atoms with Gasteiger partial charge in [0.25, 0.3) is 0 Å². The summed E-state index contributed by atoms with van der Waals surface area (Å²) in [5.41, 5.74) is 4.57. The van der Waals surface area contributed by atoms with Crippen molar-refractivity contribution >= 4 is 10.2 Å². The predicted molar refractivity (Wildman–Crippen MR) is 50.4 cm³/mol. The molecule has 0 aromatic carbocycles. The van der Waals surface area contributed by atoms with Crippen LogP contribution in [0.1, 0.15) is 27.7 Å². The molecule has 0 N–H and O–H groups in total. The van der Waals surface area contributed by atoms with Crippen LogP contribution < -0.4 is 24.8 Å². The molecule has 0 saturated heterocycles. The molecule has 4 heteroatoms. The van der Waals surface area contributed by atoms with Gasteiger partial charge in [-0.3, -0.25) is 0 Å². The maximum absolute atomic E-state index is 2.41. The Morgan fingerprint density at radius 1 is 1.15 bits per heavy atom. The maximum Gasteiger partial charge on any atom is 2.00 e. The number of halogens is 2. The average molecular weight is 271 g/mol. The molecule has 0 heterocycles. The van der Waals surface area contributed by atoms with Gasteiger partial charge in [-0.1, -0.05) is 24.1 Å². The summed E-state index contributed by atoms with van der Waals surface area (Å²) in [5, 5.41) is 0.453. The third kappa shape index (κ3) is 3.93. The Kier molecular flexibility index (Phi) is 9.73. The molecule has 74 valence electrons. The van der Waals surface area contributed by atoms with Crippen LogP contribution in [0.5, 0.6) is 0 Å². The van der Waals surface area contributed by atoms with Gasteiger partial charge in [0.2, 0.25) is 0 Å². The van der Waals surface area contributed by atoms with Crippen molar-refractivity contribution in [2.24, 2.45) is 0 Å². The first kappa shape index (κ1) is 19.5. The fourth-order valence-corrected chi connectivity index (χ4v) is 2.34. The van der Waals surface area contributed by atoms with Crippen LogP contribution in [0.15, 0.2) is 22.8 Å². The number of allylic oxidation sites excluding steroid dienone is 4. The number of rotatable bonds is 0. The zero-order valence-electron chi connectivity index (χ0n) is 8.83. The van der Waals surface area contributed by atoms with Gasteiger partial charge in [-0.15, -0.1) is 0 Å². The van der Waals surface area contributed by atoms with Gasteiger partial charge in [0.15, 0.2) is 0 Å². The molecule has 0 amide bonds. The Morgan fingerprint density at radius 2 is 1.54 bits per heavy atom. The zero-order valence-corrected chi connectivity index (χ0v) is 13.9. The molecular weight excluding hydrogens is 255 g/mol. The van der Waals surface area contributed by atoms with Gasteiger partial charge in [0, 0.05) is 10.2 Å². The molecule has 1 rings (SSSR count). The average Bonchev–Trinajstić information content (AvgIpc) is 1.95. The predicted octanol–water partition coefficient (Wildman–Crippen LogP) is -4.17. The molecule has 1 aliphatic rings. The van der Waals surface area contributed by atoms with E-state index in [4.69, 9.17) is 0 Å². The minimum atomic E-state index is 0. The molecule has 13 heavy (non-hydrogen) atoms. The molecule has 0 nitrogen and oxygen atoms in total. The normalized spacial score (nSPS) is 25.7. The molecule has 0 bridgehead atoms. The second-order valence-corrected chi connectivity index (χ2v) is 5.88. The Bertz CT molecular complexity index is 232. The molecule has 0 radical (unpaired) electrons. The topological polar surface area (TPSA) is 0 Å². The number of hydrogen-bond donors (Lipinski definition) is 0. The molecule has 0 saturated carbocycles. The molecule has 0 aliphatic heterocycles. The van der Waals surface area contributed by atoms with Crippen LogP contribution in [0.4, 0.5) is 0 Å². The van der Waals surface area contributed by atoms with E-state index in [-0.39, 0.29) is 46.5 Å². The fourth-order valence-electron chi connectivity index (χ4n) is 1.54. The summed E-state index contributed by atoms with van der Waals surface area (Å²) in [6.07, 6.45) is 2.41. The van der Waals surface area contributed by atoms with Crippen molar-refractivity contribution in [3.05, 3.63) is 22.8 Å². The van der Waals surface area contributed by atoms with E-state index in [9.17, 15) is 0 Å². The molecule has 0 aromatic rings. The zero-order chi connectivity index (χ0) is 7.94. The van der Waals surface area contributed by atoms with Crippen LogP contribution in [0.2, 0.25) is 5.04 Å². The summed E-state index contributed by atoms with van der Waals surface area (Å²) >= 11 is 0. The van der Waals surface area contributed by atoms with E-state index in [1.165, 1.54) is 21.4 Å². The minimum absolute atomic E-state index is 0. The van der Waals surface area contributed by atoms with Gasteiger partial charge >= 0.3 is 21.7 Å². The van der Waals surface area contributed by atoms with E-state index in [1.54, 1.807) is 5.57 Å². The molecule has 1 atom stereocenters. The molecule has 0 spiro atoms. The van der Waals surface area contributed by atoms with E-state index in [1.807, 2.05) is 0 Å². The Hall–Kier alpha value is 0.991. The summed E-state index contributed by atoms with van der Waals surface area (Å²) < 4.78 is 0. The molecule has 0 aromatic heterocycles. The maximum atomic E-state index is 2.41. The molecule has 1 aliphatic carbocycles. The van der Waals surface area contributed by atoms with Crippen LogP contribution in [0, 0.1) is 0 Å². The van der Waals surface area contributed by atoms with E-state index >= 15 is 0 Å². The SMILES string of the molecule is CC1=CC(C)([SiH3])C(C)=C1C.[Cl-].[Cl-].[Ti+2]. The van der Waals surface area contributed by atoms with Crippen molar-refractivity contribution in [1.29, 1.82) is 0 Å². The quantitative estimate of drug-likeness (QED) is 0.392. The third-order valence-electron chi connectivity index (χ3n) is 2.70. The van der Waals surface area contributed by atoms with Crippen LogP contribution in [-0.4, -0.2) is 10.2 Å². The standard InChI is InChI=1S/C9H16Si.2ClH.Ti/c1-6-5-9(4,10)8(3)7(6)2;;;/h5H,1-4,10H3;2*1H;/q;;;+2/p-2. The molecule has 1 unspecified atom stereocenters.